The fourth-order valence-electron chi connectivity index (χ4n) is 1.76. The highest BCUT2D eigenvalue weighted by atomic mass is 32.2. The normalized spacial score (nSPS) is 23.7. The van der Waals surface area contributed by atoms with Crippen molar-refractivity contribution in [1.82, 2.24) is 0 Å². The van der Waals surface area contributed by atoms with Crippen molar-refractivity contribution in [3.8, 4) is 0 Å². The molecular formula is C10H14N2O2S. The topological polar surface area (TPSA) is 72.2 Å². The van der Waals surface area contributed by atoms with Crippen molar-refractivity contribution in [3.63, 3.8) is 0 Å². The highest BCUT2D eigenvalue weighted by Gasteiger charge is 2.25. The molecule has 0 spiro atoms. The lowest BCUT2D eigenvalue weighted by Gasteiger charge is -2.07. The molecule has 0 saturated carbocycles. The molecule has 82 valence electrons. The summed E-state index contributed by atoms with van der Waals surface area (Å²) in [6.07, 6.45) is 0. The Bertz CT molecular complexity index is 482. The van der Waals surface area contributed by atoms with Crippen LogP contribution in [0.4, 0.5) is 11.4 Å². The third-order valence-corrected chi connectivity index (χ3v) is 4.52. The molecule has 1 aromatic carbocycles. The summed E-state index contributed by atoms with van der Waals surface area (Å²) in [4.78, 5) is 0.362. The fraction of sp³-hybridized carbons (Fsp3) is 0.400. The molecule has 0 fully saturated rings. The van der Waals surface area contributed by atoms with Crippen molar-refractivity contribution in [3.05, 3.63) is 18.2 Å². The smallest absolute Gasteiger partial charge is 0.180 e. The van der Waals surface area contributed by atoms with E-state index in [9.17, 15) is 8.42 Å². The Morgan fingerprint density at radius 1 is 1.47 bits per heavy atom. The zero-order valence-corrected chi connectivity index (χ0v) is 9.34. The molecule has 0 amide bonds. The van der Waals surface area contributed by atoms with Crippen LogP contribution in [0.3, 0.4) is 0 Å². The standard InChI is InChI=1S/C10H14N2O2S/c1-7-5-12-9-4-8(11)2-3-10(9)15(13,14)6-7/h2-4,7,12H,5-6,11H2,1H3. The van der Waals surface area contributed by atoms with Gasteiger partial charge in [-0.2, -0.15) is 0 Å². The summed E-state index contributed by atoms with van der Waals surface area (Å²) in [6.45, 7) is 2.58. The third-order valence-electron chi connectivity index (χ3n) is 2.48. The number of sulfone groups is 1. The maximum atomic E-state index is 11.9. The molecule has 0 bridgehead atoms. The van der Waals surface area contributed by atoms with Gasteiger partial charge in [0.2, 0.25) is 0 Å². The number of nitrogens with one attached hydrogen (secondary N) is 1. The molecule has 15 heavy (non-hydrogen) atoms. The summed E-state index contributed by atoms with van der Waals surface area (Å²) < 4.78 is 23.9. The summed E-state index contributed by atoms with van der Waals surface area (Å²) in [5.74, 6) is 0.306. The van der Waals surface area contributed by atoms with Gasteiger partial charge in [-0.3, -0.25) is 0 Å². The minimum Gasteiger partial charge on any atom is -0.399 e. The first kappa shape index (κ1) is 10.3. The van der Waals surface area contributed by atoms with Crippen LogP contribution in [-0.2, 0) is 9.84 Å². The molecule has 1 aliphatic rings. The van der Waals surface area contributed by atoms with Gasteiger partial charge in [0.05, 0.1) is 16.3 Å². The molecule has 5 heteroatoms. The number of hydrogen-bond acceptors (Lipinski definition) is 4. The minimum atomic E-state index is -3.16. The number of anilines is 2. The summed E-state index contributed by atoms with van der Waals surface area (Å²) >= 11 is 0. The van der Waals surface area contributed by atoms with Crippen LogP contribution in [0, 0.1) is 5.92 Å². The Hall–Kier alpha value is -1.23. The van der Waals surface area contributed by atoms with Gasteiger partial charge in [0.25, 0.3) is 0 Å². The molecule has 4 nitrogen and oxygen atoms in total. The van der Waals surface area contributed by atoms with E-state index in [0.29, 0.717) is 22.8 Å². The number of fused-ring (bicyclic) bond motifs is 1. The second kappa shape index (κ2) is 3.41. The monoisotopic (exact) mass is 226 g/mol. The average molecular weight is 226 g/mol. The zero-order chi connectivity index (χ0) is 11.1. The van der Waals surface area contributed by atoms with Gasteiger partial charge in [0, 0.05) is 12.2 Å². The van der Waals surface area contributed by atoms with Crippen molar-refractivity contribution < 1.29 is 8.42 Å². The van der Waals surface area contributed by atoms with Crippen molar-refractivity contribution in [2.24, 2.45) is 5.92 Å². The van der Waals surface area contributed by atoms with Gasteiger partial charge in [-0.15, -0.1) is 0 Å². The molecule has 1 unspecified atom stereocenters. The van der Waals surface area contributed by atoms with E-state index in [4.69, 9.17) is 5.73 Å². The fourth-order valence-corrected chi connectivity index (χ4v) is 3.55. The van der Waals surface area contributed by atoms with Crippen LogP contribution < -0.4 is 11.1 Å². The predicted octanol–water partition coefficient (Wildman–Crippen LogP) is 1.10. The van der Waals surface area contributed by atoms with E-state index in [1.807, 2.05) is 6.92 Å². The van der Waals surface area contributed by atoms with Crippen LogP contribution in [0.25, 0.3) is 0 Å². The van der Waals surface area contributed by atoms with E-state index in [2.05, 4.69) is 5.32 Å². The maximum Gasteiger partial charge on any atom is 0.180 e. The van der Waals surface area contributed by atoms with Crippen molar-refractivity contribution in [1.29, 1.82) is 0 Å². The molecule has 2 rings (SSSR count). The van der Waals surface area contributed by atoms with Crippen molar-refractivity contribution in [2.45, 2.75) is 11.8 Å². The Kier molecular flexibility index (Phi) is 2.34. The van der Waals surface area contributed by atoms with E-state index in [0.717, 1.165) is 0 Å². The first-order valence-electron chi connectivity index (χ1n) is 4.85. The quantitative estimate of drug-likeness (QED) is 0.650. The van der Waals surface area contributed by atoms with E-state index >= 15 is 0 Å². The zero-order valence-electron chi connectivity index (χ0n) is 8.53. The summed E-state index contributed by atoms with van der Waals surface area (Å²) in [5, 5.41) is 3.11. The Morgan fingerprint density at radius 3 is 2.93 bits per heavy atom. The molecule has 0 aliphatic carbocycles. The maximum absolute atomic E-state index is 11.9. The number of hydrogen-bond donors (Lipinski definition) is 2. The van der Waals surface area contributed by atoms with Crippen LogP contribution >= 0.6 is 0 Å². The Morgan fingerprint density at radius 2 is 2.20 bits per heavy atom. The van der Waals surface area contributed by atoms with Crippen LogP contribution in [0.2, 0.25) is 0 Å². The molecule has 1 heterocycles. The lowest BCUT2D eigenvalue weighted by Crippen LogP contribution is -2.15. The molecule has 0 radical (unpaired) electrons. The van der Waals surface area contributed by atoms with Gasteiger partial charge < -0.3 is 11.1 Å². The molecule has 1 aliphatic heterocycles. The van der Waals surface area contributed by atoms with Crippen molar-refractivity contribution in [2.75, 3.05) is 23.3 Å². The number of nitrogens with two attached hydrogens (primary N) is 1. The van der Waals surface area contributed by atoms with Crippen LogP contribution in [-0.4, -0.2) is 20.7 Å². The number of rotatable bonds is 0. The summed E-state index contributed by atoms with van der Waals surface area (Å²) in [6, 6.07) is 4.87. The molecule has 0 aromatic heterocycles. The molecule has 3 N–H and O–H groups in total. The second-order valence-electron chi connectivity index (χ2n) is 4.02. The highest BCUT2D eigenvalue weighted by molar-refractivity contribution is 7.91. The molecular weight excluding hydrogens is 212 g/mol. The van der Waals surface area contributed by atoms with Gasteiger partial charge in [-0.1, -0.05) is 6.92 Å². The van der Waals surface area contributed by atoms with E-state index in [-0.39, 0.29) is 11.7 Å². The van der Waals surface area contributed by atoms with Gasteiger partial charge in [0.15, 0.2) is 9.84 Å². The van der Waals surface area contributed by atoms with Crippen LogP contribution in [0.1, 0.15) is 6.92 Å². The first-order valence-corrected chi connectivity index (χ1v) is 6.50. The van der Waals surface area contributed by atoms with Gasteiger partial charge in [-0.05, 0) is 24.1 Å². The second-order valence-corrected chi connectivity index (χ2v) is 6.03. The molecule has 1 atom stereocenters. The van der Waals surface area contributed by atoms with E-state index < -0.39 is 9.84 Å². The first-order chi connectivity index (χ1) is 6.99. The van der Waals surface area contributed by atoms with Crippen molar-refractivity contribution >= 4 is 21.2 Å². The lowest BCUT2D eigenvalue weighted by molar-refractivity contribution is 0.582. The van der Waals surface area contributed by atoms with Gasteiger partial charge in [-0.25, -0.2) is 8.42 Å². The average Bonchev–Trinajstić information content (AvgIpc) is 2.23. The van der Waals surface area contributed by atoms with Gasteiger partial charge >= 0.3 is 0 Å². The van der Waals surface area contributed by atoms with Crippen LogP contribution in [0.5, 0.6) is 0 Å². The Balaban J connectivity index is 2.58. The summed E-state index contributed by atoms with van der Waals surface area (Å²) in [7, 11) is -3.16. The highest BCUT2D eigenvalue weighted by Crippen LogP contribution is 2.28. The van der Waals surface area contributed by atoms with E-state index in [1.54, 1.807) is 18.2 Å². The lowest BCUT2D eigenvalue weighted by atomic mass is 10.2. The number of benzene rings is 1. The summed E-state index contributed by atoms with van der Waals surface area (Å²) in [5.41, 5.74) is 6.82. The van der Waals surface area contributed by atoms with E-state index in [1.165, 1.54) is 0 Å². The molecule has 1 aromatic rings. The predicted molar refractivity (Wildman–Crippen MR) is 60.6 cm³/mol. The number of nitrogen functional groups attached to an aromatic ring is 1. The molecule has 0 saturated heterocycles. The van der Waals surface area contributed by atoms with Crippen LogP contribution in [0.15, 0.2) is 23.1 Å². The largest absolute Gasteiger partial charge is 0.399 e. The SMILES string of the molecule is CC1CNc2cc(N)ccc2S(=O)(=O)C1. The van der Waals surface area contributed by atoms with Gasteiger partial charge in [0.1, 0.15) is 0 Å². The minimum absolute atomic E-state index is 0.114. The Labute approximate surface area is 89.4 Å². The third kappa shape index (κ3) is 1.92.